The smallest absolute Gasteiger partial charge is 0.233 e. The topological polar surface area (TPSA) is 96.0 Å². The van der Waals surface area contributed by atoms with E-state index in [-0.39, 0.29) is 29.2 Å². The van der Waals surface area contributed by atoms with Gasteiger partial charge >= 0.3 is 0 Å². The van der Waals surface area contributed by atoms with Crippen molar-refractivity contribution in [3.8, 4) is 10.7 Å². The fraction of sp³-hybridized carbons (Fsp3) is 0.316. The van der Waals surface area contributed by atoms with Crippen LogP contribution in [0.2, 0.25) is 0 Å². The Kier molecular flexibility index (Phi) is 6.02. The van der Waals surface area contributed by atoms with Crippen molar-refractivity contribution in [2.45, 2.75) is 24.2 Å². The molecule has 1 saturated heterocycles. The maximum Gasteiger partial charge on any atom is 0.233 e. The van der Waals surface area contributed by atoms with Gasteiger partial charge in [-0.15, -0.1) is 16.4 Å². The SMILES string of the molecule is O=C(CSc1n[nH]c(-c2cccs2)n1)N(Cc1ccccc1)C1CCS(=O)(=O)C1. The second-order valence-corrected chi connectivity index (χ2v) is 10.9. The summed E-state index contributed by atoms with van der Waals surface area (Å²) in [5.41, 5.74) is 0.980. The fourth-order valence-corrected chi connectivity index (χ4v) is 6.34. The number of hydrogen-bond acceptors (Lipinski definition) is 7. The third kappa shape index (κ3) is 5.06. The Balaban J connectivity index is 1.45. The summed E-state index contributed by atoms with van der Waals surface area (Å²) in [5.74, 6) is 0.889. The lowest BCUT2D eigenvalue weighted by atomic mass is 10.1. The lowest BCUT2D eigenvalue weighted by Gasteiger charge is -2.28. The number of amides is 1. The Labute approximate surface area is 177 Å². The van der Waals surface area contributed by atoms with Gasteiger partial charge in [0.15, 0.2) is 15.7 Å². The highest BCUT2D eigenvalue weighted by molar-refractivity contribution is 7.99. The number of nitrogens with zero attached hydrogens (tertiary/aromatic N) is 3. The van der Waals surface area contributed by atoms with Gasteiger partial charge in [-0.3, -0.25) is 9.89 Å². The Morgan fingerprint density at radius 3 is 2.76 bits per heavy atom. The van der Waals surface area contributed by atoms with Crippen molar-refractivity contribution in [2.75, 3.05) is 17.3 Å². The zero-order valence-corrected chi connectivity index (χ0v) is 18.0. The van der Waals surface area contributed by atoms with Crippen molar-refractivity contribution in [1.82, 2.24) is 20.1 Å². The lowest BCUT2D eigenvalue weighted by molar-refractivity contribution is -0.130. The number of aromatic amines is 1. The van der Waals surface area contributed by atoms with E-state index in [1.807, 2.05) is 47.8 Å². The number of nitrogens with one attached hydrogen (secondary N) is 1. The molecule has 1 N–H and O–H groups in total. The molecule has 1 unspecified atom stereocenters. The van der Waals surface area contributed by atoms with Crippen LogP contribution < -0.4 is 0 Å². The molecule has 1 aromatic carbocycles. The second kappa shape index (κ2) is 8.68. The lowest BCUT2D eigenvalue weighted by Crippen LogP contribution is -2.41. The van der Waals surface area contributed by atoms with Crippen LogP contribution in [0.25, 0.3) is 10.7 Å². The van der Waals surface area contributed by atoms with E-state index in [2.05, 4.69) is 15.2 Å². The third-order valence-corrected chi connectivity index (χ3v) is 8.17. The predicted octanol–water partition coefficient (Wildman–Crippen LogP) is 2.84. The third-order valence-electron chi connectivity index (χ3n) is 4.71. The summed E-state index contributed by atoms with van der Waals surface area (Å²) in [6, 6.07) is 13.2. The van der Waals surface area contributed by atoms with E-state index >= 15 is 0 Å². The van der Waals surface area contributed by atoms with Crippen molar-refractivity contribution in [3.05, 3.63) is 53.4 Å². The molecule has 0 radical (unpaired) electrons. The van der Waals surface area contributed by atoms with Gasteiger partial charge in [0, 0.05) is 12.6 Å². The summed E-state index contributed by atoms with van der Waals surface area (Å²) in [5, 5.41) is 9.53. The van der Waals surface area contributed by atoms with Crippen LogP contribution in [0.5, 0.6) is 0 Å². The second-order valence-electron chi connectivity index (χ2n) is 6.80. The molecule has 0 aliphatic carbocycles. The zero-order chi connectivity index (χ0) is 20.3. The number of thioether (sulfide) groups is 1. The number of H-pyrrole nitrogens is 1. The van der Waals surface area contributed by atoms with Gasteiger partial charge in [0.25, 0.3) is 0 Å². The molecule has 0 saturated carbocycles. The molecule has 2 aromatic heterocycles. The number of thiophene rings is 1. The van der Waals surface area contributed by atoms with E-state index in [0.29, 0.717) is 23.9 Å². The zero-order valence-electron chi connectivity index (χ0n) is 15.5. The number of sulfone groups is 1. The van der Waals surface area contributed by atoms with Crippen LogP contribution in [-0.4, -0.2) is 57.7 Å². The van der Waals surface area contributed by atoms with Crippen molar-refractivity contribution in [2.24, 2.45) is 0 Å². The number of carbonyl (C=O) groups is 1. The van der Waals surface area contributed by atoms with E-state index in [4.69, 9.17) is 0 Å². The summed E-state index contributed by atoms with van der Waals surface area (Å²) in [4.78, 5) is 20.1. The van der Waals surface area contributed by atoms with Crippen LogP contribution >= 0.6 is 23.1 Å². The summed E-state index contributed by atoms with van der Waals surface area (Å²) < 4.78 is 23.9. The van der Waals surface area contributed by atoms with E-state index in [1.54, 1.807) is 16.2 Å². The number of rotatable bonds is 7. The first-order valence-corrected chi connectivity index (χ1v) is 12.8. The molecule has 4 rings (SSSR count). The van der Waals surface area contributed by atoms with Gasteiger partial charge < -0.3 is 4.90 Å². The van der Waals surface area contributed by atoms with Gasteiger partial charge in [0.05, 0.1) is 22.1 Å². The molecular formula is C19H20N4O3S3. The van der Waals surface area contributed by atoms with Gasteiger partial charge in [0.2, 0.25) is 11.1 Å². The van der Waals surface area contributed by atoms with Gasteiger partial charge in [0.1, 0.15) is 0 Å². The molecule has 152 valence electrons. The highest BCUT2D eigenvalue weighted by Gasteiger charge is 2.34. The quantitative estimate of drug-likeness (QED) is 0.559. The fourth-order valence-electron chi connectivity index (χ4n) is 3.27. The van der Waals surface area contributed by atoms with Gasteiger partial charge in [-0.05, 0) is 23.4 Å². The number of benzene rings is 1. The van der Waals surface area contributed by atoms with Crippen LogP contribution in [0.1, 0.15) is 12.0 Å². The normalized spacial score (nSPS) is 18.0. The molecule has 1 fully saturated rings. The number of carbonyl (C=O) groups excluding carboxylic acids is 1. The highest BCUT2D eigenvalue weighted by atomic mass is 32.2. The molecular weight excluding hydrogens is 428 g/mol. The van der Waals surface area contributed by atoms with Crippen LogP contribution in [0, 0.1) is 0 Å². The largest absolute Gasteiger partial charge is 0.334 e. The molecule has 1 aliphatic heterocycles. The van der Waals surface area contributed by atoms with Gasteiger partial charge in [-0.1, -0.05) is 48.2 Å². The van der Waals surface area contributed by atoms with Crippen LogP contribution in [-0.2, 0) is 21.2 Å². The van der Waals surface area contributed by atoms with E-state index in [0.717, 1.165) is 10.4 Å². The number of aromatic nitrogens is 3. The molecule has 1 amide bonds. The van der Waals surface area contributed by atoms with Gasteiger partial charge in [-0.2, -0.15) is 0 Å². The Hall–Kier alpha value is -2.17. The van der Waals surface area contributed by atoms with Crippen molar-refractivity contribution in [3.63, 3.8) is 0 Å². The first-order valence-electron chi connectivity index (χ1n) is 9.13. The molecule has 3 aromatic rings. The Morgan fingerprint density at radius 2 is 2.07 bits per heavy atom. The molecule has 10 heteroatoms. The van der Waals surface area contributed by atoms with Crippen molar-refractivity contribution >= 4 is 38.8 Å². The maximum absolute atomic E-state index is 13.0. The molecule has 7 nitrogen and oxygen atoms in total. The standard InChI is InChI=1S/C19H20N4O3S3/c24-17(12-28-19-20-18(21-22-19)16-7-4-9-27-16)23(11-14-5-2-1-3-6-14)15-8-10-29(25,26)13-15/h1-7,9,15H,8,10-13H2,(H,20,21,22). The van der Waals surface area contributed by atoms with Crippen molar-refractivity contribution < 1.29 is 13.2 Å². The summed E-state index contributed by atoms with van der Waals surface area (Å²) >= 11 is 2.82. The average Bonchev–Trinajstić information content (AvgIpc) is 3.45. The first kappa shape index (κ1) is 20.1. The van der Waals surface area contributed by atoms with Gasteiger partial charge in [-0.25, -0.2) is 13.4 Å². The summed E-state index contributed by atoms with van der Waals surface area (Å²) in [6.45, 7) is 0.398. The van der Waals surface area contributed by atoms with Crippen LogP contribution in [0.4, 0.5) is 0 Å². The molecule has 29 heavy (non-hydrogen) atoms. The minimum Gasteiger partial charge on any atom is -0.334 e. The molecule has 0 bridgehead atoms. The highest BCUT2D eigenvalue weighted by Crippen LogP contribution is 2.25. The molecule has 0 spiro atoms. The molecule has 3 heterocycles. The number of hydrogen-bond donors (Lipinski definition) is 1. The minimum atomic E-state index is -3.08. The van der Waals surface area contributed by atoms with E-state index in [9.17, 15) is 13.2 Å². The Bertz CT molecular complexity index is 1070. The first-order chi connectivity index (χ1) is 14.0. The van der Waals surface area contributed by atoms with Crippen molar-refractivity contribution in [1.29, 1.82) is 0 Å². The van der Waals surface area contributed by atoms with Crippen LogP contribution in [0.15, 0.2) is 53.0 Å². The van der Waals surface area contributed by atoms with E-state index in [1.165, 1.54) is 11.8 Å². The molecule has 1 aliphatic rings. The van der Waals surface area contributed by atoms with Crippen LogP contribution in [0.3, 0.4) is 0 Å². The average molecular weight is 449 g/mol. The van der Waals surface area contributed by atoms with E-state index < -0.39 is 9.84 Å². The molecule has 1 atom stereocenters. The maximum atomic E-state index is 13.0. The Morgan fingerprint density at radius 1 is 1.24 bits per heavy atom. The summed E-state index contributed by atoms with van der Waals surface area (Å²) in [7, 11) is -3.08. The predicted molar refractivity (Wildman–Crippen MR) is 114 cm³/mol. The summed E-state index contributed by atoms with van der Waals surface area (Å²) in [6.07, 6.45) is 0.481. The minimum absolute atomic E-state index is 0.0272. The monoisotopic (exact) mass is 448 g/mol.